The highest BCUT2D eigenvalue weighted by molar-refractivity contribution is 5.85. The normalized spacial score (nSPS) is 30.8. The van der Waals surface area contributed by atoms with Crippen LogP contribution in [0.2, 0.25) is 0 Å². The van der Waals surface area contributed by atoms with E-state index in [9.17, 15) is 0 Å². The van der Waals surface area contributed by atoms with Gasteiger partial charge in [-0.05, 0) is 49.5 Å². The molecule has 0 amide bonds. The highest BCUT2D eigenvalue weighted by atomic mass is 35.5. The summed E-state index contributed by atoms with van der Waals surface area (Å²) in [5.41, 5.74) is 1.52. The molecule has 0 radical (unpaired) electrons. The molecule has 0 atom stereocenters. The third kappa shape index (κ3) is 3.13. The number of hydrogen-bond donors (Lipinski definition) is 1. The molecule has 0 aromatic rings. The van der Waals surface area contributed by atoms with Crippen molar-refractivity contribution in [2.75, 3.05) is 6.54 Å². The van der Waals surface area contributed by atoms with Gasteiger partial charge in [0.1, 0.15) is 0 Å². The Morgan fingerprint density at radius 1 is 0.812 bits per heavy atom. The van der Waals surface area contributed by atoms with Crippen molar-refractivity contribution in [3.63, 3.8) is 0 Å². The van der Waals surface area contributed by atoms with E-state index in [2.05, 4.69) is 33.0 Å². The molecule has 0 bridgehead atoms. The fourth-order valence-electron chi connectivity index (χ4n) is 4.65. The molecular formula is C14H28ClN. The van der Waals surface area contributed by atoms with Crippen molar-refractivity contribution in [1.29, 1.82) is 0 Å². The number of hydrogen-bond acceptors (Lipinski definition) is 1. The molecule has 96 valence electrons. The van der Waals surface area contributed by atoms with E-state index in [1.807, 2.05) is 0 Å². The van der Waals surface area contributed by atoms with Gasteiger partial charge in [-0.2, -0.15) is 0 Å². The first-order valence-electron chi connectivity index (χ1n) is 6.58. The van der Waals surface area contributed by atoms with Crippen molar-refractivity contribution in [2.45, 2.75) is 71.8 Å². The van der Waals surface area contributed by atoms with Gasteiger partial charge in [0.15, 0.2) is 0 Å². The van der Waals surface area contributed by atoms with Crippen LogP contribution in [0, 0.1) is 10.8 Å². The molecule has 1 aliphatic heterocycles. The Morgan fingerprint density at radius 2 is 1.38 bits per heavy atom. The van der Waals surface area contributed by atoms with E-state index in [1.165, 1.54) is 45.1 Å². The summed E-state index contributed by atoms with van der Waals surface area (Å²) in [6.07, 6.45) is 8.35. The van der Waals surface area contributed by atoms with Crippen LogP contribution in [0.3, 0.4) is 0 Å². The second-order valence-electron chi connectivity index (χ2n) is 7.52. The molecule has 2 heteroatoms. The molecule has 1 spiro atoms. The maximum atomic E-state index is 3.85. The van der Waals surface area contributed by atoms with Gasteiger partial charge in [-0.25, -0.2) is 0 Å². The average molecular weight is 246 g/mol. The van der Waals surface area contributed by atoms with Crippen LogP contribution >= 0.6 is 12.4 Å². The van der Waals surface area contributed by atoms with Gasteiger partial charge >= 0.3 is 0 Å². The predicted molar refractivity (Wildman–Crippen MR) is 73.2 cm³/mol. The summed E-state index contributed by atoms with van der Waals surface area (Å²) >= 11 is 0. The van der Waals surface area contributed by atoms with Crippen molar-refractivity contribution >= 4 is 12.4 Å². The summed E-state index contributed by atoms with van der Waals surface area (Å²) in [4.78, 5) is 0. The van der Waals surface area contributed by atoms with Crippen molar-refractivity contribution in [3.05, 3.63) is 0 Å². The number of piperidine rings is 1. The Morgan fingerprint density at radius 3 is 1.81 bits per heavy atom. The molecule has 2 fully saturated rings. The van der Waals surface area contributed by atoms with Crippen LogP contribution in [-0.4, -0.2) is 12.1 Å². The standard InChI is InChI=1S/C14H27N.ClH/c1-12(2)9-13(3,4)11-14(10-12)7-5-6-8-15-14;/h15H,5-11H2,1-4H3;1H. The van der Waals surface area contributed by atoms with Crippen molar-refractivity contribution in [3.8, 4) is 0 Å². The first kappa shape index (κ1) is 14.3. The van der Waals surface area contributed by atoms with E-state index in [0.717, 1.165) is 0 Å². The van der Waals surface area contributed by atoms with Gasteiger partial charge < -0.3 is 5.32 Å². The van der Waals surface area contributed by atoms with Crippen LogP contribution in [0.1, 0.15) is 66.2 Å². The topological polar surface area (TPSA) is 12.0 Å². The number of halogens is 1. The quantitative estimate of drug-likeness (QED) is 0.676. The summed E-state index contributed by atoms with van der Waals surface area (Å²) in [5, 5.41) is 3.85. The van der Waals surface area contributed by atoms with Gasteiger partial charge in [0.25, 0.3) is 0 Å². The first-order chi connectivity index (χ1) is 6.83. The summed E-state index contributed by atoms with van der Waals surface area (Å²) < 4.78 is 0. The number of rotatable bonds is 0. The van der Waals surface area contributed by atoms with Crippen molar-refractivity contribution in [2.24, 2.45) is 10.8 Å². The second kappa shape index (κ2) is 4.49. The van der Waals surface area contributed by atoms with E-state index < -0.39 is 0 Å². The SMILES string of the molecule is CC1(C)CC(C)(C)CC2(CCCCN2)C1.Cl. The van der Waals surface area contributed by atoms with Crippen LogP contribution in [0.5, 0.6) is 0 Å². The zero-order valence-corrected chi connectivity index (χ0v) is 12.2. The van der Waals surface area contributed by atoms with Crippen LogP contribution < -0.4 is 5.32 Å². The molecule has 1 N–H and O–H groups in total. The highest BCUT2D eigenvalue weighted by Crippen LogP contribution is 2.52. The molecule has 1 aliphatic carbocycles. The van der Waals surface area contributed by atoms with Crippen LogP contribution in [-0.2, 0) is 0 Å². The van der Waals surface area contributed by atoms with Gasteiger partial charge in [0.05, 0.1) is 0 Å². The fraction of sp³-hybridized carbons (Fsp3) is 1.00. The Labute approximate surface area is 107 Å². The maximum Gasteiger partial charge on any atom is 0.0191 e. The van der Waals surface area contributed by atoms with Crippen LogP contribution in [0.4, 0.5) is 0 Å². The Balaban J connectivity index is 0.00000128. The first-order valence-corrected chi connectivity index (χ1v) is 6.58. The molecular weight excluding hydrogens is 218 g/mol. The van der Waals surface area contributed by atoms with Gasteiger partial charge in [-0.1, -0.05) is 34.1 Å². The third-order valence-corrected chi connectivity index (χ3v) is 4.17. The van der Waals surface area contributed by atoms with Gasteiger partial charge in [-0.3, -0.25) is 0 Å². The monoisotopic (exact) mass is 245 g/mol. The van der Waals surface area contributed by atoms with Crippen molar-refractivity contribution < 1.29 is 0 Å². The minimum atomic E-state index is 0. The lowest BCUT2D eigenvalue weighted by atomic mass is 9.57. The Bertz CT molecular complexity index is 221. The lowest BCUT2D eigenvalue weighted by molar-refractivity contribution is 0.0144. The van der Waals surface area contributed by atoms with E-state index in [4.69, 9.17) is 0 Å². The van der Waals surface area contributed by atoms with Crippen molar-refractivity contribution in [1.82, 2.24) is 5.32 Å². The molecule has 1 heterocycles. The smallest absolute Gasteiger partial charge is 0.0191 e. The summed E-state index contributed by atoms with van der Waals surface area (Å²) in [5.74, 6) is 0. The Kier molecular flexibility index (Phi) is 4.02. The van der Waals surface area contributed by atoms with E-state index in [-0.39, 0.29) is 12.4 Å². The molecule has 16 heavy (non-hydrogen) atoms. The van der Waals surface area contributed by atoms with Crippen LogP contribution in [0.15, 0.2) is 0 Å². The second-order valence-corrected chi connectivity index (χ2v) is 7.52. The molecule has 2 aliphatic rings. The average Bonchev–Trinajstić information content (AvgIpc) is 1.97. The fourth-order valence-corrected chi connectivity index (χ4v) is 4.65. The molecule has 2 rings (SSSR count). The Hall–Kier alpha value is 0.250. The summed E-state index contributed by atoms with van der Waals surface area (Å²) in [7, 11) is 0. The highest BCUT2D eigenvalue weighted by Gasteiger charge is 2.47. The van der Waals surface area contributed by atoms with E-state index >= 15 is 0 Å². The zero-order valence-electron chi connectivity index (χ0n) is 11.4. The number of nitrogens with one attached hydrogen (secondary N) is 1. The van der Waals surface area contributed by atoms with Crippen LogP contribution in [0.25, 0.3) is 0 Å². The van der Waals surface area contributed by atoms with Gasteiger partial charge in [0.2, 0.25) is 0 Å². The minimum Gasteiger partial charge on any atom is -0.311 e. The summed E-state index contributed by atoms with van der Waals surface area (Å²) in [6, 6.07) is 0. The predicted octanol–water partition coefficient (Wildman–Crippen LogP) is 4.16. The molecule has 0 aromatic carbocycles. The lowest BCUT2D eigenvalue weighted by Gasteiger charge is -2.54. The van der Waals surface area contributed by atoms with E-state index in [0.29, 0.717) is 16.4 Å². The molecule has 0 aromatic heterocycles. The molecule has 1 saturated carbocycles. The lowest BCUT2D eigenvalue weighted by Crippen LogP contribution is -2.56. The van der Waals surface area contributed by atoms with Gasteiger partial charge in [0, 0.05) is 5.54 Å². The van der Waals surface area contributed by atoms with Gasteiger partial charge in [-0.15, -0.1) is 12.4 Å². The molecule has 0 unspecified atom stereocenters. The molecule has 1 saturated heterocycles. The largest absolute Gasteiger partial charge is 0.311 e. The summed E-state index contributed by atoms with van der Waals surface area (Å²) in [6.45, 7) is 11.0. The zero-order chi connectivity index (χ0) is 11.2. The maximum absolute atomic E-state index is 3.85. The molecule has 1 nitrogen and oxygen atoms in total. The third-order valence-electron chi connectivity index (χ3n) is 4.17. The van der Waals surface area contributed by atoms with E-state index in [1.54, 1.807) is 0 Å². The minimum absolute atomic E-state index is 0.